The van der Waals surface area contributed by atoms with Crippen molar-refractivity contribution < 1.29 is 4.79 Å². The van der Waals surface area contributed by atoms with Crippen LogP contribution in [-0.4, -0.2) is 34.8 Å². The monoisotopic (exact) mass is 284 g/mol. The number of rotatable bonds is 4. The SMILES string of the molecule is O=C(NC1CCNCC1)c1cnn(Cc2ccccc2)c1. The van der Waals surface area contributed by atoms with E-state index < -0.39 is 0 Å². The first-order valence-electron chi connectivity index (χ1n) is 7.39. The van der Waals surface area contributed by atoms with Crippen molar-refractivity contribution in [2.75, 3.05) is 13.1 Å². The number of amides is 1. The molecular formula is C16H20N4O. The Labute approximate surface area is 124 Å². The van der Waals surface area contributed by atoms with E-state index in [0.717, 1.165) is 25.9 Å². The van der Waals surface area contributed by atoms with Gasteiger partial charge in [0, 0.05) is 12.2 Å². The van der Waals surface area contributed by atoms with Crippen molar-refractivity contribution in [1.29, 1.82) is 0 Å². The van der Waals surface area contributed by atoms with E-state index in [0.29, 0.717) is 12.1 Å². The molecule has 21 heavy (non-hydrogen) atoms. The van der Waals surface area contributed by atoms with E-state index >= 15 is 0 Å². The third kappa shape index (κ3) is 3.70. The lowest BCUT2D eigenvalue weighted by molar-refractivity contribution is 0.0929. The van der Waals surface area contributed by atoms with Gasteiger partial charge in [0.2, 0.25) is 0 Å². The molecule has 110 valence electrons. The summed E-state index contributed by atoms with van der Waals surface area (Å²) in [5.41, 5.74) is 1.80. The van der Waals surface area contributed by atoms with Gasteiger partial charge in [-0.2, -0.15) is 5.10 Å². The predicted octanol–water partition coefficient (Wildman–Crippen LogP) is 1.41. The molecule has 1 aliphatic rings. The molecule has 5 nitrogen and oxygen atoms in total. The van der Waals surface area contributed by atoms with E-state index in [2.05, 4.69) is 27.9 Å². The van der Waals surface area contributed by atoms with E-state index in [1.54, 1.807) is 10.9 Å². The normalized spacial score (nSPS) is 15.8. The Hall–Kier alpha value is -2.14. The fourth-order valence-electron chi connectivity index (χ4n) is 2.57. The third-order valence-corrected chi connectivity index (χ3v) is 3.76. The molecule has 2 N–H and O–H groups in total. The number of hydrogen-bond acceptors (Lipinski definition) is 3. The first-order valence-corrected chi connectivity index (χ1v) is 7.39. The highest BCUT2D eigenvalue weighted by molar-refractivity contribution is 5.93. The summed E-state index contributed by atoms with van der Waals surface area (Å²) in [6.07, 6.45) is 5.43. The number of nitrogens with zero attached hydrogens (tertiary/aromatic N) is 2. The van der Waals surface area contributed by atoms with Gasteiger partial charge in [0.15, 0.2) is 0 Å². The largest absolute Gasteiger partial charge is 0.349 e. The number of nitrogens with one attached hydrogen (secondary N) is 2. The van der Waals surface area contributed by atoms with Crippen LogP contribution in [0, 0.1) is 0 Å². The molecule has 0 radical (unpaired) electrons. The summed E-state index contributed by atoms with van der Waals surface area (Å²) in [7, 11) is 0. The fourth-order valence-corrected chi connectivity index (χ4v) is 2.57. The summed E-state index contributed by atoms with van der Waals surface area (Å²) < 4.78 is 1.80. The Balaban J connectivity index is 1.60. The fraction of sp³-hybridized carbons (Fsp3) is 0.375. The molecule has 1 aromatic heterocycles. The molecule has 5 heteroatoms. The number of carbonyl (C=O) groups is 1. The van der Waals surface area contributed by atoms with Gasteiger partial charge in [-0.05, 0) is 31.5 Å². The minimum absolute atomic E-state index is 0.0267. The van der Waals surface area contributed by atoms with Gasteiger partial charge in [0.1, 0.15) is 0 Å². The molecule has 2 heterocycles. The summed E-state index contributed by atoms with van der Waals surface area (Å²) in [6, 6.07) is 10.4. The summed E-state index contributed by atoms with van der Waals surface area (Å²) in [5.74, 6) is -0.0267. The molecule has 0 bridgehead atoms. The van der Waals surface area contributed by atoms with Crippen molar-refractivity contribution >= 4 is 5.91 Å². The van der Waals surface area contributed by atoms with Gasteiger partial charge in [0.05, 0.1) is 18.3 Å². The molecule has 3 rings (SSSR count). The van der Waals surface area contributed by atoms with Crippen LogP contribution in [0.5, 0.6) is 0 Å². The molecule has 1 saturated heterocycles. The van der Waals surface area contributed by atoms with E-state index in [9.17, 15) is 4.79 Å². The second kappa shape index (κ2) is 6.54. The van der Waals surface area contributed by atoms with E-state index in [1.165, 1.54) is 5.56 Å². The minimum atomic E-state index is -0.0267. The molecule has 0 saturated carbocycles. The Morgan fingerprint density at radius 3 is 2.81 bits per heavy atom. The standard InChI is InChI=1S/C16H20N4O/c21-16(19-15-6-8-17-9-7-15)14-10-18-20(12-14)11-13-4-2-1-3-5-13/h1-5,10,12,15,17H,6-9,11H2,(H,19,21). The van der Waals surface area contributed by atoms with Crippen LogP contribution in [-0.2, 0) is 6.54 Å². The van der Waals surface area contributed by atoms with E-state index in [4.69, 9.17) is 0 Å². The lowest BCUT2D eigenvalue weighted by Crippen LogP contribution is -2.42. The number of hydrogen-bond donors (Lipinski definition) is 2. The number of carbonyl (C=O) groups excluding carboxylic acids is 1. The quantitative estimate of drug-likeness (QED) is 0.892. The second-order valence-corrected chi connectivity index (χ2v) is 5.41. The molecule has 0 unspecified atom stereocenters. The molecule has 1 aliphatic heterocycles. The molecule has 0 atom stereocenters. The zero-order valence-electron chi connectivity index (χ0n) is 12.0. The van der Waals surface area contributed by atoms with Gasteiger partial charge < -0.3 is 10.6 Å². The second-order valence-electron chi connectivity index (χ2n) is 5.41. The summed E-state index contributed by atoms with van der Waals surface area (Å²) in [6.45, 7) is 2.62. The van der Waals surface area contributed by atoms with Crippen molar-refractivity contribution in [3.63, 3.8) is 0 Å². The zero-order valence-corrected chi connectivity index (χ0v) is 12.0. The third-order valence-electron chi connectivity index (χ3n) is 3.76. The number of aromatic nitrogens is 2. The maximum Gasteiger partial charge on any atom is 0.254 e. The summed E-state index contributed by atoms with van der Waals surface area (Å²) in [5, 5.41) is 10.6. The summed E-state index contributed by atoms with van der Waals surface area (Å²) in [4.78, 5) is 12.2. The van der Waals surface area contributed by atoms with Crippen molar-refractivity contribution in [3.8, 4) is 0 Å². The van der Waals surface area contributed by atoms with Crippen LogP contribution in [0.25, 0.3) is 0 Å². The van der Waals surface area contributed by atoms with Crippen molar-refractivity contribution in [2.45, 2.75) is 25.4 Å². The van der Waals surface area contributed by atoms with Gasteiger partial charge in [0.25, 0.3) is 5.91 Å². The highest BCUT2D eigenvalue weighted by Gasteiger charge is 2.17. The van der Waals surface area contributed by atoms with Gasteiger partial charge in [-0.3, -0.25) is 9.48 Å². The van der Waals surface area contributed by atoms with Crippen LogP contribution in [0.3, 0.4) is 0 Å². The molecule has 0 aliphatic carbocycles. The zero-order chi connectivity index (χ0) is 14.5. The average molecular weight is 284 g/mol. The summed E-state index contributed by atoms with van der Waals surface area (Å²) >= 11 is 0. The predicted molar refractivity (Wildman–Crippen MR) is 81.1 cm³/mol. The van der Waals surface area contributed by atoms with Gasteiger partial charge >= 0.3 is 0 Å². The number of benzene rings is 1. The van der Waals surface area contributed by atoms with Gasteiger partial charge in [-0.25, -0.2) is 0 Å². The highest BCUT2D eigenvalue weighted by Crippen LogP contribution is 2.06. The van der Waals surface area contributed by atoms with Crippen molar-refractivity contribution in [1.82, 2.24) is 20.4 Å². The Morgan fingerprint density at radius 1 is 1.29 bits per heavy atom. The molecule has 0 spiro atoms. The molecule has 1 amide bonds. The van der Waals surface area contributed by atoms with Gasteiger partial charge in [-0.15, -0.1) is 0 Å². The first kappa shape index (κ1) is 13.8. The number of piperidine rings is 1. The molecular weight excluding hydrogens is 264 g/mol. The van der Waals surface area contributed by atoms with Crippen LogP contribution in [0.15, 0.2) is 42.7 Å². The lowest BCUT2D eigenvalue weighted by atomic mass is 10.1. The van der Waals surface area contributed by atoms with Crippen LogP contribution in [0.1, 0.15) is 28.8 Å². The van der Waals surface area contributed by atoms with Gasteiger partial charge in [-0.1, -0.05) is 30.3 Å². The topological polar surface area (TPSA) is 59.0 Å². The Kier molecular flexibility index (Phi) is 4.31. The Bertz CT molecular complexity index is 587. The molecule has 1 aromatic carbocycles. The highest BCUT2D eigenvalue weighted by atomic mass is 16.1. The molecule has 2 aromatic rings. The molecule has 1 fully saturated rings. The lowest BCUT2D eigenvalue weighted by Gasteiger charge is -2.23. The maximum atomic E-state index is 12.2. The van der Waals surface area contributed by atoms with E-state index in [1.807, 2.05) is 24.4 Å². The van der Waals surface area contributed by atoms with Crippen molar-refractivity contribution in [3.05, 3.63) is 53.9 Å². The first-order chi connectivity index (χ1) is 10.3. The van der Waals surface area contributed by atoms with Crippen molar-refractivity contribution in [2.24, 2.45) is 0 Å². The average Bonchev–Trinajstić information content (AvgIpc) is 2.98. The maximum absolute atomic E-state index is 12.2. The minimum Gasteiger partial charge on any atom is -0.349 e. The van der Waals surface area contributed by atoms with E-state index in [-0.39, 0.29) is 11.9 Å². The van der Waals surface area contributed by atoms with Crippen LogP contribution in [0.2, 0.25) is 0 Å². The van der Waals surface area contributed by atoms with Crippen LogP contribution in [0.4, 0.5) is 0 Å². The smallest absolute Gasteiger partial charge is 0.254 e. The van der Waals surface area contributed by atoms with Crippen LogP contribution < -0.4 is 10.6 Å². The Morgan fingerprint density at radius 2 is 2.05 bits per heavy atom. The van der Waals surface area contributed by atoms with Crippen LogP contribution >= 0.6 is 0 Å².